The first-order chi connectivity index (χ1) is 6.22. The van der Waals surface area contributed by atoms with Gasteiger partial charge in [0.15, 0.2) is 5.78 Å². The molecule has 0 saturated heterocycles. The maximum absolute atomic E-state index is 11.1. The van der Waals surface area contributed by atoms with Gasteiger partial charge in [0.1, 0.15) is 6.61 Å². The fourth-order valence-electron chi connectivity index (χ4n) is 1.02. The molecule has 3 nitrogen and oxygen atoms in total. The van der Waals surface area contributed by atoms with Crippen molar-refractivity contribution >= 4 is 17.1 Å². The SMILES string of the molecule is COCC(=O)CCc1cnc(C)s1. The lowest BCUT2D eigenvalue weighted by Gasteiger charge is -1.96. The molecule has 0 N–H and O–H groups in total. The molecule has 0 atom stereocenters. The number of hydrogen-bond acceptors (Lipinski definition) is 4. The van der Waals surface area contributed by atoms with Gasteiger partial charge < -0.3 is 4.74 Å². The van der Waals surface area contributed by atoms with E-state index in [4.69, 9.17) is 4.74 Å². The molecule has 0 aromatic carbocycles. The first-order valence-electron chi connectivity index (χ1n) is 4.14. The number of methoxy groups -OCH3 is 1. The fraction of sp³-hybridized carbons (Fsp3) is 0.556. The second kappa shape index (κ2) is 5.09. The van der Waals surface area contributed by atoms with Gasteiger partial charge in [-0.05, 0) is 13.3 Å². The Kier molecular flexibility index (Phi) is 4.05. The van der Waals surface area contributed by atoms with E-state index in [2.05, 4.69) is 4.98 Å². The van der Waals surface area contributed by atoms with Crippen LogP contribution in [0, 0.1) is 6.92 Å². The van der Waals surface area contributed by atoms with E-state index in [-0.39, 0.29) is 12.4 Å². The first-order valence-corrected chi connectivity index (χ1v) is 4.96. The van der Waals surface area contributed by atoms with Crippen molar-refractivity contribution in [1.29, 1.82) is 0 Å². The predicted octanol–water partition coefficient (Wildman–Crippen LogP) is 1.60. The van der Waals surface area contributed by atoms with E-state index in [1.165, 1.54) is 12.0 Å². The number of aromatic nitrogens is 1. The summed E-state index contributed by atoms with van der Waals surface area (Å²) in [5, 5.41) is 1.05. The van der Waals surface area contributed by atoms with Crippen LogP contribution >= 0.6 is 11.3 Å². The van der Waals surface area contributed by atoms with E-state index in [1.807, 2.05) is 13.1 Å². The van der Waals surface area contributed by atoms with Gasteiger partial charge in [0.05, 0.1) is 5.01 Å². The molecular weight excluding hydrogens is 186 g/mol. The number of aryl methyl sites for hydroxylation is 2. The zero-order valence-corrected chi connectivity index (χ0v) is 8.69. The molecule has 0 radical (unpaired) electrons. The maximum atomic E-state index is 11.1. The van der Waals surface area contributed by atoms with Crippen molar-refractivity contribution in [3.05, 3.63) is 16.1 Å². The van der Waals surface area contributed by atoms with Crippen LogP contribution in [0.3, 0.4) is 0 Å². The number of hydrogen-bond donors (Lipinski definition) is 0. The summed E-state index contributed by atoms with van der Waals surface area (Å²) in [6, 6.07) is 0. The molecule has 1 aromatic rings. The number of carbonyl (C=O) groups is 1. The Hall–Kier alpha value is -0.740. The van der Waals surface area contributed by atoms with Crippen LogP contribution in [0.4, 0.5) is 0 Å². The smallest absolute Gasteiger partial charge is 0.158 e. The van der Waals surface area contributed by atoms with E-state index in [0.717, 1.165) is 11.4 Å². The van der Waals surface area contributed by atoms with Crippen LogP contribution in [0.1, 0.15) is 16.3 Å². The molecule has 0 fully saturated rings. The molecule has 0 bridgehead atoms. The van der Waals surface area contributed by atoms with Gasteiger partial charge in [-0.25, -0.2) is 4.98 Å². The summed E-state index contributed by atoms with van der Waals surface area (Å²) >= 11 is 1.64. The van der Waals surface area contributed by atoms with Crippen molar-refractivity contribution in [2.75, 3.05) is 13.7 Å². The van der Waals surface area contributed by atoms with Crippen LogP contribution in [0.2, 0.25) is 0 Å². The number of carbonyl (C=O) groups excluding carboxylic acids is 1. The Morgan fingerprint density at radius 2 is 2.46 bits per heavy atom. The minimum atomic E-state index is 0.147. The molecule has 0 saturated carbocycles. The largest absolute Gasteiger partial charge is 0.377 e. The average molecular weight is 199 g/mol. The minimum Gasteiger partial charge on any atom is -0.377 e. The van der Waals surface area contributed by atoms with Gasteiger partial charge in [-0.15, -0.1) is 11.3 Å². The van der Waals surface area contributed by atoms with Crippen LogP contribution in [-0.4, -0.2) is 24.5 Å². The molecule has 0 unspecified atom stereocenters. The van der Waals surface area contributed by atoms with Gasteiger partial charge >= 0.3 is 0 Å². The van der Waals surface area contributed by atoms with Crippen LogP contribution in [0.5, 0.6) is 0 Å². The number of nitrogens with zero attached hydrogens (tertiary/aromatic N) is 1. The van der Waals surface area contributed by atoms with E-state index in [0.29, 0.717) is 6.42 Å². The predicted molar refractivity (Wildman–Crippen MR) is 52.1 cm³/mol. The highest BCUT2D eigenvalue weighted by molar-refractivity contribution is 7.11. The lowest BCUT2D eigenvalue weighted by molar-refractivity contribution is -0.122. The Balaban J connectivity index is 2.30. The second-order valence-electron chi connectivity index (χ2n) is 2.82. The van der Waals surface area contributed by atoms with E-state index >= 15 is 0 Å². The number of ether oxygens (including phenoxy) is 1. The topological polar surface area (TPSA) is 39.2 Å². The molecule has 0 spiro atoms. The van der Waals surface area contributed by atoms with Gasteiger partial charge in [-0.2, -0.15) is 0 Å². The third-order valence-corrected chi connectivity index (χ3v) is 2.60. The van der Waals surface area contributed by atoms with Crippen molar-refractivity contribution in [3.8, 4) is 0 Å². The summed E-state index contributed by atoms with van der Waals surface area (Å²) < 4.78 is 4.74. The third kappa shape index (κ3) is 3.65. The van der Waals surface area contributed by atoms with Crippen LogP contribution in [-0.2, 0) is 16.0 Å². The summed E-state index contributed by atoms with van der Waals surface area (Å²) in [7, 11) is 1.54. The third-order valence-electron chi connectivity index (χ3n) is 1.62. The maximum Gasteiger partial charge on any atom is 0.158 e. The quantitative estimate of drug-likeness (QED) is 0.723. The van der Waals surface area contributed by atoms with Crippen LogP contribution in [0.15, 0.2) is 6.20 Å². The molecule has 4 heteroatoms. The van der Waals surface area contributed by atoms with Crippen LogP contribution < -0.4 is 0 Å². The lowest BCUT2D eigenvalue weighted by atomic mass is 10.2. The second-order valence-corrected chi connectivity index (χ2v) is 4.14. The summed E-state index contributed by atoms with van der Waals surface area (Å²) in [4.78, 5) is 16.4. The number of ketones is 1. The van der Waals surface area contributed by atoms with Gasteiger partial charge in [0.25, 0.3) is 0 Å². The molecule has 0 aliphatic carbocycles. The van der Waals surface area contributed by atoms with E-state index in [9.17, 15) is 4.79 Å². The molecule has 1 heterocycles. The normalized spacial score (nSPS) is 10.3. The lowest BCUT2D eigenvalue weighted by Crippen LogP contribution is -2.06. The molecular formula is C9H13NO2S. The number of rotatable bonds is 5. The molecule has 1 aromatic heterocycles. The molecule has 72 valence electrons. The monoisotopic (exact) mass is 199 g/mol. The van der Waals surface area contributed by atoms with Crippen LogP contribution in [0.25, 0.3) is 0 Å². The first kappa shape index (κ1) is 10.3. The number of Topliss-reactive ketones (excluding diaryl/α,β-unsaturated/α-hetero) is 1. The summed E-state index contributed by atoms with van der Waals surface area (Å²) in [6.45, 7) is 2.18. The van der Waals surface area contributed by atoms with Gasteiger partial charge in [0, 0.05) is 24.6 Å². The summed E-state index contributed by atoms with van der Waals surface area (Å²) in [5.41, 5.74) is 0. The molecule has 0 amide bonds. The van der Waals surface area contributed by atoms with Crippen molar-refractivity contribution in [2.45, 2.75) is 19.8 Å². The Morgan fingerprint density at radius 1 is 1.69 bits per heavy atom. The van der Waals surface area contributed by atoms with E-state index in [1.54, 1.807) is 11.3 Å². The summed E-state index contributed by atoms with van der Waals surface area (Å²) in [6.07, 6.45) is 3.17. The Morgan fingerprint density at radius 3 is 3.00 bits per heavy atom. The average Bonchev–Trinajstić information content (AvgIpc) is 2.49. The standard InChI is InChI=1S/C9H13NO2S/c1-7-10-5-9(13-7)4-3-8(11)6-12-2/h5H,3-4,6H2,1-2H3. The minimum absolute atomic E-state index is 0.147. The zero-order valence-electron chi connectivity index (χ0n) is 7.87. The van der Waals surface area contributed by atoms with Gasteiger partial charge in [0.2, 0.25) is 0 Å². The zero-order chi connectivity index (χ0) is 9.68. The van der Waals surface area contributed by atoms with Gasteiger partial charge in [-0.1, -0.05) is 0 Å². The number of thiazole rings is 1. The highest BCUT2D eigenvalue weighted by Crippen LogP contribution is 2.13. The highest BCUT2D eigenvalue weighted by atomic mass is 32.1. The summed E-state index contributed by atoms with van der Waals surface area (Å²) in [5.74, 6) is 0.147. The Labute approximate surface area is 81.8 Å². The van der Waals surface area contributed by atoms with Crippen molar-refractivity contribution in [2.24, 2.45) is 0 Å². The molecule has 0 aliphatic rings. The van der Waals surface area contributed by atoms with E-state index < -0.39 is 0 Å². The molecule has 13 heavy (non-hydrogen) atoms. The molecule has 0 aliphatic heterocycles. The van der Waals surface area contributed by atoms with Gasteiger partial charge in [-0.3, -0.25) is 4.79 Å². The fourth-order valence-corrected chi connectivity index (χ4v) is 1.81. The highest BCUT2D eigenvalue weighted by Gasteiger charge is 2.03. The van der Waals surface area contributed by atoms with Crippen molar-refractivity contribution in [3.63, 3.8) is 0 Å². The Bertz CT molecular complexity index is 283. The van der Waals surface area contributed by atoms with Crippen molar-refractivity contribution < 1.29 is 9.53 Å². The molecule has 1 rings (SSSR count). The van der Waals surface area contributed by atoms with Crippen molar-refractivity contribution in [1.82, 2.24) is 4.98 Å².